The first-order valence-corrected chi connectivity index (χ1v) is 7.74. The van der Waals surface area contributed by atoms with Gasteiger partial charge >= 0.3 is 0 Å². The maximum Gasteiger partial charge on any atom is 0.153 e. The smallest absolute Gasteiger partial charge is 0.153 e. The highest BCUT2D eigenvalue weighted by atomic mass is 16.5. The summed E-state index contributed by atoms with van der Waals surface area (Å²) in [6.07, 6.45) is 5.37. The number of hydrogen-bond acceptors (Lipinski definition) is 3. The second-order valence-corrected chi connectivity index (χ2v) is 7.21. The predicted octanol–water partition coefficient (Wildman–Crippen LogP) is 4.41. The van der Waals surface area contributed by atoms with Crippen LogP contribution in [0.2, 0.25) is 0 Å². The molecule has 0 amide bonds. The number of pyridine rings is 1. The number of ether oxygens (including phenoxy) is 1. The number of nitrogens with two attached hydrogens (primary N) is 1. The van der Waals surface area contributed by atoms with E-state index in [9.17, 15) is 0 Å². The van der Waals surface area contributed by atoms with Crippen molar-refractivity contribution >= 4 is 16.6 Å². The lowest BCUT2D eigenvalue weighted by Crippen LogP contribution is -2.34. The van der Waals surface area contributed by atoms with E-state index in [0.717, 1.165) is 29.5 Å². The predicted molar refractivity (Wildman–Crippen MR) is 87.4 cm³/mol. The molecule has 0 spiro atoms. The van der Waals surface area contributed by atoms with E-state index < -0.39 is 0 Å². The summed E-state index contributed by atoms with van der Waals surface area (Å²) in [7, 11) is 0. The summed E-state index contributed by atoms with van der Waals surface area (Å²) < 4.78 is 6.34. The zero-order chi connectivity index (χ0) is 15.0. The average molecular weight is 284 g/mol. The molecule has 1 aliphatic rings. The Balaban J connectivity index is 1.93. The zero-order valence-electron chi connectivity index (χ0n) is 13.1. The van der Waals surface area contributed by atoms with Gasteiger partial charge in [-0.1, -0.05) is 32.9 Å². The topological polar surface area (TPSA) is 48.1 Å². The third-order valence-corrected chi connectivity index (χ3v) is 4.38. The highest BCUT2D eigenvalue weighted by Crippen LogP contribution is 2.41. The Morgan fingerprint density at radius 2 is 2.00 bits per heavy atom. The van der Waals surface area contributed by atoms with E-state index in [2.05, 4.69) is 25.8 Å². The Morgan fingerprint density at radius 3 is 2.76 bits per heavy atom. The third kappa shape index (κ3) is 2.97. The molecular formula is C18H24N2O. The molecule has 1 aromatic heterocycles. The van der Waals surface area contributed by atoms with Crippen LogP contribution in [-0.2, 0) is 0 Å². The van der Waals surface area contributed by atoms with Gasteiger partial charge in [0.05, 0.1) is 23.5 Å². The number of nitrogen functional groups attached to an aromatic ring is 1. The van der Waals surface area contributed by atoms with Crippen molar-refractivity contribution in [3.8, 4) is 5.75 Å². The molecule has 2 unspecified atom stereocenters. The number of hydrogen-bond donors (Lipinski definition) is 1. The number of rotatable bonds is 2. The Labute approximate surface area is 126 Å². The zero-order valence-corrected chi connectivity index (χ0v) is 13.1. The van der Waals surface area contributed by atoms with Crippen LogP contribution in [0.1, 0.15) is 40.0 Å². The van der Waals surface area contributed by atoms with Crippen LogP contribution < -0.4 is 10.5 Å². The van der Waals surface area contributed by atoms with Crippen molar-refractivity contribution in [1.29, 1.82) is 0 Å². The molecular weight excluding hydrogens is 260 g/mol. The van der Waals surface area contributed by atoms with Crippen molar-refractivity contribution in [2.75, 3.05) is 5.73 Å². The van der Waals surface area contributed by atoms with Crippen molar-refractivity contribution in [2.45, 2.75) is 46.1 Å². The quantitative estimate of drug-likeness (QED) is 0.888. The average Bonchev–Trinajstić information content (AvgIpc) is 2.40. The first kappa shape index (κ1) is 14.2. The Bertz CT molecular complexity index is 651. The molecule has 21 heavy (non-hydrogen) atoms. The maximum atomic E-state index is 6.34. The van der Waals surface area contributed by atoms with Crippen LogP contribution in [0, 0.1) is 11.3 Å². The van der Waals surface area contributed by atoms with Gasteiger partial charge < -0.3 is 10.5 Å². The number of nitrogens with zero attached hydrogens (tertiary/aromatic N) is 1. The van der Waals surface area contributed by atoms with Crippen LogP contribution in [0.15, 0.2) is 30.5 Å². The van der Waals surface area contributed by atoms with Gasteiger partial charge in [0.25, 0.3) is 0 Å². The second kappa shape index (κ2) is 5.21. The van der Waals surface area contributed by atoms with E-state index in [-0.39, 0.29) is 6.10 Å². The van der Waals surface area contributed by atoms with E-state index >= 15 is 0 Å². The molecule has 1 heterocycles. The summed E-state index contributed by atoms with van der Waals surface area (Å²) in [5.74, 6) is 1.49. The largest absolute Gasteiger partial charge is 0.487 e. The molecule has 2 aromatic rings. The number of aromatic nitrogens is 1. The van der Waals surface area contributed by atoms with Crippen molar-refractivity contribution in [3.05, 3.63) is 30.5 Å². The molecule has 112 valence electrons. The van der Waals surface area contributed by atoms with Crippen LogP contribution in [-0.4, -0.2) is 11.1 Å². The molecule has 3 heteroatoms. The summed E-state index contributed by atoms with van der Waals surface area (Å²) in [6.45, 7) is 6.96. The minimum atomic E-state index is 0.233. The van der Waals surface area contributed by atoms with E-state index in [1.165, 1.54) is 6.42 Å². The number of benzene rings is 1. The highest BCUT2D eigenvalue weighted by Gasteiger charge is 2.33. The Hall–Kier alpha value is -1.77. The molecule has 0 radical (unpaired) electrons. The molecule has 1 fully saturated rings. The molecule has 3 nitrogen and oxygen atoms in total. The number of fused-ring (bicyclic) bond motifs is 1. The van der Waals surface area contributed by atoms with Gasteiger partial charge in [0.1, 0.15) is 0 Å². The molecule has 1 aromatic carbocycles. The van der Waals surface area contributed by atoms with Gasteiger partial charge in [0.2, 0.25) is 0 Å². The molecule has 2 atom stereocenters. The molecule has 2 N–H and O–H groups in total. The minimum Gasteiger partial charge on any atom is -0.487 e. The van der Waals surface area contributed by atoms with Crippen molar-refractivity contribution in [3.63, 3.8) is 0 Å². The highest BCUT2D eigenvalue weighted by molar-refractivity contribution is 5.89. The summed E-state index contributed by atoms with van der Waals surface area (Å²) in [5, 5.41) is 1.01. The van der Waals surface area contributed by atoms with Crippen molar-refractivity contribution in [1.82, 2.24) is 4.98 Å². The van der Waals surface area contributed by atoms with Crippen LogP contribution in [0.4, 0.5) is 5.69 Å². The normalized spacial score (nSPS) is 24.9. The van der Waals surface area contributed by atoms with Gasteiger partial charge in [-0.2, -0.15) is 0 Å². The summed E-state index contributed by atoms with van der Waals surface area (Å²) in [5.41, 5.74) is 8.02. The van der Waals surface area contributed by atoms with E-state index in [1.807, 2.05) is 24.3 Å². The first-order valence-electron chi connectivity index (χ1n) is 7.74. The minimum absolute atomic E-state index is 0.233. The lowest BCUT2D eigenvalue weighted by Gasteiger charge is -2.39. The summed E-state index contributed by atoms with van der Waals surface area (Å²) >= 11 is 0. The first-order chi connectivity index (χ1) is 9.94. The maximum absolute atomic E-state index is 6.34. The van der Waals surface area contributed by atoms with Crippen LogP contribution in [0.25, 0.3) is 10.9 Å². The van der Waals surface area contributed by atoms with Crippen molar-refractivity contribution in [2.24, 2.45) is 11.3 Å². The fourth-order valence-corrected chi connectivity index (χ4v) is 3.78. The Kier molecular flexibility index (Phi) is 3.52. The molecule has 3 rings (SSSR count). The fourth-order valence-electron chi connectivity index (χ4n) is 3.78. The second-order valence-electron chi connectivity index (χ2n) is 7.21. The monoisotopic (exact) mass is 284 g/mol. The molecule has 1 saturated carbocycles. The van der Waals surface area contributed by atoms with Gasteiger partial charge in [-0.3, -0.25) is 4.98 Å². The molecule has 0 bridgehead atoms. The SMILES string of the molecule is CC1CC(Oc2c(N)cnc3ccccc23)CC(C)(C)C1. The lowest BCUT2D eigenvalue weighted by molar-refractivity contribution is 0.0577. The van der Waals surface area contributed by atoms with E-state index in [1.54, 1.807) is 6.20 Å². The van der Waals surface area contributed by atoms with Gasteiger partial charge in [-0.15, -0.1) is 0 Å². The van der Waals surface area contributed by atoms with Crippen LogP contribution >= 0.6 is 0 Å². The third-order valence-electron chi connectivity index (χ3n) is 4.38. The number of para-hydroxylation sites is 1. The number of anilines is 1. The van der Waals surface area contributed by atoms with Gasteiger partial charge in [0, 0.05) is 5.39 Å². The summed E-state index contributed by atoms with van der Waals surface area (Å²) in [4.78, 5) is 4.37. The van der Waals surface area contributed by atoms with E-state index in [4.69, 9.17) is 10.5 Å². The Morgan fingerprint density at radius 1 is 1.24 bits per heavy atom. The van der Waals surface area contributed by atoms with Crippen molar-refractivity contribution < 1.29 is 4.74 Å². The van der Waals surface area contributed by atoms with Gasteiger partial charge in [-0.05, 0) is 42.7 Å². The molecule has 0 aliphatic heterocycles. The fraction of sp³-hybridized carbons (Fsp3) is 0.500. The lowest BCUT2D eigenvalue weighted by atomic mass is 9.71. The van der Waals surface area contributed by atoms with Crippen LogP contribution in [0.3, 0.4) is 0 Å². The van der Waals surface area contributed by atoms with E-state index in [0.29, 0.717) is 17.0 Å². The standard InChI is InChI=1S/C18H24N2O/c1-12-8-13(10-18(2,3)9-12)21-17-14-6-4-5-7-16(14)20-11-15(17)19/h4-7,11-13H,8-10,19H2,1-3H3. The van der Waals surface area contributed by atoms with Gasteiger partial charge in [-0.25, -0.2) is 0 Å². The van der Waals surface area contributed by atoms with Crippen LogP contribution in [0.5, 0.6) is 5.75 Å². The molecule has 1 aliphatic carbocycles. The summed E-state index contributed by atoms with van der Waals surface area (Å²) in [6, 6.07) is 8.02. The molecule has 0 saturated heterocycles. The van der Waals surface area contributed by atoms with Gasteiger partial charge in [0.15, 0.2) is 5.75 Å².